The van der Waals surface area contributed by atoms with E-state index >= 15 is 0 Å². The van der Waals surface area contributed by atoms with Crippen LogP contribution in [-0.2, 0) is 0 Å². The molecule has 1 aromatic carbocycles. The molecule has 0 saturated carbocycles. The van der Waals surface area contributed by atoms with Gasteiger partial charge in [-0.2, -0.15) is 0 Å². The van der Waals surface area contributed by atoms with Crippen LogP contribution >= 0.6 is 35.3 Å². The number of piperazine rings is 1. The number of carbonyl (C=O) groups is 1. The number of nitrogens with zero attached hydrogens (tertiary/aromatic N) is 4. The highest BCUT2D eigenvalue weighted by Gasteiger charge is 2.19. The predicted molar refractivity (Wildman–Crippen MR) is 121 cm³/mol. The fourth-order valence-electron chi connectivity index (χ4n) is 2.77. The van der Waals surface area contributed by atoms with E-state index in [0.29, 0.717) is 24.6 Å². The molecule has 27 heavy (non-hydrogen) atoms. The second kappa shape index (κ2) is 11.1. The molecule has 1 amide bonds. The lowest BCUT2D eigenvalue weighted by atomic mass is 10.2. The molecule has 1 aliphatic rings. The number of aliphatic imine (C=N–C) groups is 1. The van der Waals surface area contributed by atoms with Crippen molar-refractivity contribution in [2.75, 3.05) is 44.2 Å². The van der Waals surface area contributed by atoms with Crippen molar-refractivity contribution < 1.29 is 4.79 Å². The summed E-state index contributed by atoms with van der Waals surface area (Å²) in [5, 5.41) is 5.96. The molecule has 2 heterocycles. The number of thiazole rings is 1. The Morgan fingerprint density at radius 1 is 1.22 bits per heavy atom. The number of nitrogens with one attached hydrogen (secondary N) is 1. The molecule has 0 atom stereocenters. The van der Waals surface area contributed by atoms with Gasteiger partial charge in [0.05, 0.1) is 0 Å². The van der Waals surface area contributed by atoms with E-state index in [4.69, 9.17) is 5.73 Å². The molecular weight excluding hydrogens is 475 g/mol. The summed E-state index contributed by atoms with van der Waals surface area (Å²) in [5.74, 6) is 0.527. The Kier molecular flexibility index (Phi) is 8.79. The summed E-state index contributed by atoms with van der Waals surface area (Å²) >= 11 is 1.66. The van der Waals surface area contributed by atoms with Gasteiger partial charge in [0.2, 0.25) is 0 Å². The molecule has 2 aromatic rings. The van der Waals surface area contributed by atoms with E-state index in [9.17, 15) is 4.79 Å². The van der Waals surface area contributed by atoms with Crippen LogP contribution in [0, 0.1) is 0 Å². The van der Waals surface area contributed by atoms with Crippen molar-refractivity contribution in [3.8, 4) is 0 Å². The zero-order chi connectivity index (χ0) is 18.2. The highest BCUT2D eigenvalue weighted by Crippen LogP contribution is 2.18. The van der Waals surface area contributed by atoms with Gasteiger partial charge >= 0.3 is 0 Å². The monoisotopic (exact) mass is 500 g/mol. The van der Waals surface area contributed by atoms with Gasteiger partial charge in [-0.25, -0.2) is 4.98 Å². The first-order valence-corrected chi connectivity index (χ1v) is 9.64. The lowest BCUT2D eigenvalue weighted by Crippen LogP contribution is -2.51. The number of benzene rings is 1. The average molecular weight is 500 g/mol. The van der Waals surface area contributed by atoms with Crippen LogP contribution in [0.1, 0.15) is 16.8 Å². The SMILES string of the molecule is I.NC(=NCCCNC(=O)c1ccccc1)N1CCN(c2nccs2)CC1. The third-order valence-electron chi connectivity index (χ3n) is 4.22. The number of hydrogen-bond donors (Lipinski definition) is 2. The van der Waals surface area contributed by atoms with Crippen molar-refractivity contribution in [2.24, 2.45) is 10.7 Å². The summed E-state index contributed by atoms with van der Waals surface area (Å²) in [7, 11) is 0. The maximum absolute atomic E-state index is 11.9. The van der Waals surface area contributed by atoms with Crippen LogP contribution < -0.4 is 16.0 Å². The van der Waals surface area contributed by atoms with E-state index in [0.717, 1.165) is 37.7 Å². The first kappa shape index (κ1) is 21.4. The van der Waals surface area contributed by atoms with Gasteiger partial charge in [0.1, 0.15) is 0 Å². The highest BCUT2D eigenvalue weighted by atomic mass is 127. The molecule has 146 valence electrons. The predicted octanol–water partition coefficient (Wildman–Crippen LogP) is 2.02. The van der Waals surface area contributed by atoms with Crippen molar-refractivity contribution in [3.63, 3.8) is 0 Å². The summed E-state index contributed by atoms with van der Waals surface area (Å²) in [6.45, 7) is 4.68. The van der Waals surface area contributed by atoms with Crippen LogP contribution in [0.15, 0.2) is 46.9 Å². The standard InChI is InChI=1S/C18H24N6OS.HI/c19-17(23-10-12-24(13-11-23)18-22-9-14-26-18)21-8-4-7-20-16(25)15-5-2-1-3-6-15;/h1-3,5-6,9,14H,4,7-8,10-13H2,(H2,19,21)(H,20,25);1H. The van der Waals surface area contributed by atoms with Crippen molar-refractivity contribution >= 4 is 52.3 Å². The minimum absolute atomic E-state index is 0. The molecule has 0 radical (unpaired) electrons. The number of nitrogens with two attached hydrogens (primary N) is 1. The van der Waals surface area contributed by atoms with Crippen LogP contribution in [0.2, 0.25) is 0 Å². The molecule has 1 fully saturated rings. The normalized spacial score (nSPS) is 14.6. The summed E-state index contributed by atoms with van der Waals surface area (Å²) in [6.07, 6.45) is 2.59. The molecule has 1 aromatic heterocycles. The van der Waals surface area contributed by atoms with Crippen molar-refractivity contribution in [2.45, 2.75) is 6.42 Å². The van der Waals surface area contributed by atoms with E-state index in [2.05, 4.69) is 25.1 Å². The molecule has 3 rings (SSSR count). The number of amides is 1. The van der Waals surface area contributed by atoms with E-state index < -0.39 is 0 Å². The zero-order valence-electron chi connectivity index (χ0n) is 15.1. The fraction of sp³-hybridized carbons (Fsp3) is 0.389. The molecule has 1 aliphatic heterocycles. The first-order valence-electron chi connectivity index (χ1n) is 8.76. The molecule has 9 heteroatoms. The Hall–Kier alpha value is -1.88. The van der Waals surface area contributed by atoms with Crippen LogP contribution in [0.4, 0.5) is 5.13 Å². The van der Waals surface area contributed by atoms with Crippen LogP contribution in [0.25, 0.3) is 0 Å². The molecule has 0 aliphatic carbocycles. The third-order valence-corrected chi connectivity index (χ3v) is 5.06. The largest absolute Gasteiger partial charge is 0.370 e. The molecule has 7 nitrogen and oxygen atoms in total. The van der Waals surface area contributed by atoms with Gasteiger partial charge in [-0.3, -0.25) is 9.79 Å². The quantitative estimate of drug-likeness (QED) is 0.274. The maximum Gasteiger partial charge on any atom is 0.251 e. The number of hydrogen-bond acceptors (Lipinski definition) is 5. The van der Waals surface area contributed by atoms with Crippen molar-refractivity contribution in [1.82, 2.24) is 15.2 Å². The summed E-state index contributed by atoms with van der Waals surface area (Å²) in [6, 6.07) is 9.21. The lowest BCUT2D eigenvalue weighted by Gasteiger charge is -2.35. The van der Waals surface area contributed by atoms with Gasteiger partial charge in [0.25, 0.3) is 5.91 Å². The molecule has 1 saturated heterocycles. The number of guanidine groups is 1. The van der Waals surface area contributed by atoms with Gasteiger partial charge in [0.15, 0.2) is 11.1 Å². The van der Waals surface area contributed by atoms with E-state index in [1.165, 1.54) is 0 Å². The molecule has 0 spiro atoms. The smallest absolute Gasteiger partial charge is 0.251 e. The van der Waals surface area contributed by atoms with E-state index in [-0.39, 0.29) is 29.9 Å². The number of carbonyl (C=O) groups excluding carboxylic acids is 1. The van der Waals surface area contributed by atoms with Gasteiger partial charge in [-0.1, -0.05) is 18.2 Å². The Balaban J connectivity index is 0.00000261. The first-order chi connectivity index (χ1) is 12.7. The summed E-state index contributed by atoms with van der Waals surface area (Å²) in [4.78, 5) is 25.1. The van der Waals surface area contributed by atoms with Crippen molar-refractivity contribution in [1.29, 1.82) is 0 Å². The Labute approximate surface area is 180 Å². The van der Waals surface area contributed by atoms with E-state index in [1.807, 2.05) is 29.8 Å². The molecule has 0 bridgehead atoms. The second-order valence-electron chi connectivity index (χ2n) is 6.00. The highest BCUT2D eigenvalue weighted by molar-refractivity contribution is 14.0. The fourth-order valence-corrected chi connectivity index (χ4v) is 3.46. The van der Waals surface area contributed by atoms with Crippen LogP contribution in [-0.4, -0.2) is 61.0 Å². The lowest BCUT2D eigenvalue weighted by molar-refractivity contribution is 0.0953. The van der Waals surface area contributed by atoms with Gasteiger partial charge < -0.3 is 20.9 Å². The van der Waals surface area contributed by atoms with Crippen molar-refractivity contribution in [3.05, 3.63) is 47.5 Å². The van der Waals surface area contributed by atoms with Crippen LogP contribution in [0.3, 0.4) is 0 Å². The Bertz CT molecular complexity index is 717. The molecule has 0 unspecified atom stereocenters. The molecular formula is C18H25IN6OS. The van der Waals surface area contributed by atoms with Gasteiger partial charge in [-0.05, 0) is 18.6 Å². The number of rotatable bonds is 6. The second-order valence-corrected chi connectivity index (χ2v) is 6.88. The minimum Gasteiger partial charge on any atom is -0.370 e. The minimum atomic E-state index is -0.0548. The van der Waals surface area contributed by atoms with E-state index in [1.54, 1.807) is 23.5 Å². The third kappa shape index (κ3) is 6.35. The summed E-state index contributed by atoms with van der Waals surface area (Å²) in [5.41, 5.74) is 6.78. The van der Waals surface area contributed by atoms with Gasteiger partial charge in [0, 0.05) is 56.4 Å². The van der Waals surface area contributed by atoms with Crippen LogP contribution in [0.5, 0.6) is 0 Å². The Morgan fingerprint density at radius 3 is 2.63 bits per heavy atom. The Morgan fingerprint density at radius 2 is 1.96 bits per heavy atom. The number of halogens is 1. The topological polar surface area (TPSA) is 86.8 Å². The molecule has 3 N–H and O–H groups in total. The number of aromatic nitrogens is 1. The maximum atomic E-state index is 11.9. The summed E-state index contributed by atoms with van der Waals surface area (Å²) < 4.78 is 0. The van der Waals surface area contributed by atoms with Gasteiger partial charge in [-0.15, -0.1) is 35.3 Å². The zero-order valence-corrected chi connectivity index (χ0v) is 18.2. The average Bonchev–Trinajstić information content (AvgIpc) is 3.23. The number of anilines is 1.